The van der Waals surface area contributed by atoms with Crippen molar-refractivity contribution in [1.29, 1.82) is 0 Å². The molecule has 0 amide bonds. The molecule has 0 N–H and O–H groups in total. The normalized spacial score (nSPS) is 32.3. The molecule has 0 spiro atoms. The smallest absolute Gasteiger partial charge is 0.491 e. The molecule has 2 aliphatic heterocycles. The van der Waals surface area contributed by atoms with Gasteiger partial charge in [0, 0.05) is 28.4 Å². The zero-order chi connectivity index (χ0) is 22.8. The predicted octanol–water partition coefficient (Wildman–Crippen LogP) is 1.78. The first kappa shape index (κ1) is 24.4. The van der Waals surface area contributed by atoms with E-state index in [-0.39, 0.29) is 30.0 Å². The van der Waals surface area contributed by atoms with Crippen molar-refractivity contribution in [1.82, 2.24) is 0 Å². The van der Waals surface area contributed by atoms with E-state index in [0.717, 1.165) is 5.46 Å². The third-order valence-corrected chi connectivity index (χ3v) is 6.46. The Hall–Kier alpha value is -1.20. The van der Waals surface area contributed by atoms with Gasteiger partial charge in [-0.3, -0.25) is 0 Å². The van der Waals surface area contributed by atoms with Crippen molar-refractivity contribution < 1.29 is 37.7 Å². The predicted molar refractivity (Wildman–Crippen MR) is 116 cm³/mol. The summed E-state index contributed by atoms with van der Waals surface area (Å²) in [5.41, 5.74) is 0.184. The number of ether oxygens (including phenoxy) is 6. The van der Waals surface area contributed by atoms with Crippen molar-refractivity contribution in [2.24, 2.45) is 0 Å². The van der Waals surface area contributed by atoms with Crippen molar-refractivity contribution in [2.75, 3.05) is 35.0 Å². The highest BCUT2D eigenvalue weighted by Crippen LogP contribution is 2.36. The molecule has 4 unspecified atom stereocenters. The van der Waals surface area contributed by atoms with Crippen LogP contribution in [0.4, 0.5) is 0 Å². The largest absolute Gasteiger partial charge is 0.494 e. The van der Waals surface area contributed by atoms with Crippen LogP contribution in [0.3, 0.4) is 0 Å². The van der Waals surface area contributed by atoms with E-state index in [2.05, 4.69) is 0 Å². The molecule has 31 heavy (non-hydrogen) atoms. The molecule has 0 bridgehead atoms. The van der Waals surface area contributed by atoms with Gasteiger partial charge in [-0.05, 0) is 45.3 Å². The van der Waals surface area contributed by atoms with Gasteiger partial charge in [0.05, 0.1) is 11.2 Å². The maximum Gasteiger partial charge on any atom is 0.494 e. The standard InChI is InChI=1S/C22H35BO8/c1-21(2)22(3,4)31-23(30-21)14-9-11-15(12-10-14)28-13-16-17(24-5)18(25-6)19(26-7)20(27-8)29-16/h9-12,16-20H,13H2,1-8H3/t16-,17?,18?,19?,20?/m0/s1. The molecule has 2 saturated heterocycles. The van der Waals surface area contributed by atoms with Crippen LogP contribution in [0.5, 0.6) is 5.75 Å². The van der Waals surface area contributed by atoms with Gasteiger partial charge in [-0.25, -0.2) is 0 Å². The quantitative estimate of drug-likeness (QED) is 0.569. The molecule has 8 nitrogen and oxygen atoms in total. The second-order valence-electron chi connectivity index (χ2n) is 8.85. The average Bonchev–Trinajstić information content (AvgIpc) is 2.97. The van der Waals surface area contributed by atoms with Crippen molar-refractivity contribution >= 4 is 12.6 Å². The third-order valence-electron chi connectivity index (χ3n) is 6.46. The van der Waals surface area contributed by atoms with Crippen molar-refractivity contribution in [3.63, 3.8) is 0 Å². The summed E-state index contributed by atoms with van der Waals surface area (Å²) in [4.78, 5) is 0. The van der Waals surface area contributed by atoms with Gasteiger partial charge in [-0.2, -0.15) is 0 Å². The van der Waals surface area contributed by atoms with Crippen molar-refractivity contribution in [2.45, 2.75) is 69.6 Å². The number of rotatable bonds is 8. The summed E-state index contributed by atoms with van der Waals surface area (Å²) in [7, 11) is 5.99. The molecule has 2 heterocycles. The molecule has 174 valence electrons. The molecule has 0 aliphatic carbocycles. The molecule has 2 aliphatic rings. The first-order valence-electron chi connectivity index (χ1n) is 10.5. The maximum absolute atomic E-state index is 6.10. The lowest BCUT2D eigenvalue weighted by Gasteiger charge is -2.44. The fraction of sp³-hybridized carbons (Fsp3) is 0.727. The molecular weight excluding hydrogens is 403 g/mol. The number of hydrogen-bond acceptors (Lipinski definition) is 8. The summed E-state index contributed by atoms with van der Waals surface area (Å²) >= 11 is 0. The lowest BCUT2D eigenvalue weighted by Crippen LogP contribution is -2.61. The van der Waals surface area contributed by atoms with Crippen molar-refractivity contribution in [3.8, 4) is 5.75 Å². The van der Waals surface area contributed by atoms with Crippen LogP contribution in [-0.4, -0.2) is 84.1 Å². The Morgan fingerprint density at radius 2 is 1.32 bits per heavy atom. The van der Waals surface area contributed by atoms with Crippen LogP contribution in [0.2, 0.25) is 0 Å². The topological polar surface area (TPSA) is 73.8 Å². The van der Waals surface area contributed by atoms with Crippen LogP contribution in [-0.2, 0) is 33.0 Å². The van der Waals surface area contributed by atoms with Gasteiger partial charge in [-0.1, -0.05) is 12.1 Å². The van der Waals surface area contributed by atoms with Crippen LogP contribution in [0.15, 0.2) is 24.3 Å². The minimum absolute atomic E-state index is 0.268. The van der Waals surface area contributed by atoms with Gasteiger partial charge in [0.2, 0.25) is 0 Å². The Morgan fingerprint density at radius 3 is 1.81 bits per heavy atom. The van der Waals surface area contributed by atoms with Gasteiger partial charge in [-0.15, -0.1) is 0 Å². The third kappa shape index (κ3) is 4.93. The highest BCUT2D eigenvalue weighted by molar-refractivity contribution is 6.62. The first-order valence-corrected chi connectivity index (χ1v) is 10.5. The molecule has 9 heteroatoms. The van der Waals surface area contributed by atoms with Crippen LogP contribution < -0.4 is 10.2 Å². The lowest BCUT2D eigenvalue weighted by molar-refractivity contribution is -0.305. The van der Waals surface area contributed by atoms with Crippen LogP contribution in [0.25, 0.3) is 0 Å². The minimum Gasteiger partial charge on any atom is -0.491 e. The zero-order valence-electron chi connectivity index (χ0n) is 19.7. The van der Waals surface area contributed by atoms with E-state index in [0.29, 0.717) is 5.75 Å². The summed E-state index contributed by atoms with van der Waals surface area (Å²) in [5.74, 6) is 0.704. The second kappa shape index (κ2) is 9.74. The molecule has 5 atom stereocenters. The SMILES string of the molecule is COC1O[C@@H](COc2ccc(B3OC(C)(C)C(C)(C)O3)cc2)C(OC)C(OC)C1OC. The van der Waals surface area contributed by atoms with Crippen LogP contribution in [0.1, 0.15) is 27.7 Å². The molecule has 1 aromatic rings. The highest BCUT2D eigenvalue weighted by atomic mass is 16.7. The van der Waals surface area contributed by atoms with Gasteiger partial charge < -0.3 is 37.7 Å². The highest BCUT2D eigenvalue weighted by Gasteiger charge is 2.51. The number of benzene rings is 1. The molecule has 0 aromatic heterocycles. The molecule has 0 radical (unpaired) electrons. The van der Waals surface area contributed by atoms with E-state index >= 15 is 0 Å². The molecule has 2 fully saturated rings. The van der Waals surface area contributed by atoms with Gasteiger partial charge >= 0.3 is 7.12 Å². The van der Waals surface area contributed by atoms with E-state index in [9.17, 15) is 0 Å². The van der Waals surface area contributed by atoms with E-state index in [1.54, 1.807) is 28.4 Å². The van der Waals surface area contributed by atoms with E-state index in [1.165, 1.54) is 0 Å². The number of hydrogen-bond donors (Lipinski definition) is 0. The summed E-state index contributed by atoms with van der Waals surface area (Å²) in [6.07, 6.45) is -2.11. The zero-order valence-corrected chi connectivity index (χ0v) is 19.7. The fourth-order valence-corrected chi connectivity index (χ4v) is 3.88. The van der Waals surface area contributed by atoms with Crippen LogP contribution in [0, 0.1) is 0 Å². The minimum atomic E-state index is -0.583. The molecule has 3 rings (SSSR count). The Morgan fingerprint density at radius 1 is 0.774 bits per heavy atom. The first-order chi connectivity index (χ1) is 14.7. The fourth-order valence-electron chi connectivity index (χ4n) is 3.88. The van der Waals surface area contributed by atoms with Gasteiger partial charge in [0.15, 0.2) is 6.29 Å². The van der Waals surface area contributed by atoms with E-state index < -0.39 is 25.6 Å². The Kier molecular flexibility index (Phi) is 7.68. The van der Waals surface area contributed by atoms with Crippen molar-refractivity contribution in [3.05, 3.63) is 24.3 Å². The lowest BCUT2D eigenvalue weighted by atomic mass is 9.79. The summed E-state index contributed by atoms with van der Waals surface area (Å²) in [6, 6.07) is 7.68. The van der Waals surface area contributed by atoms with E-state index in [4.69, 9.17) is 37.7 Å². The molecule has 0 saturated carbocycles. The Bertz CT molecular complexity index is 694. The van der Waals surface area contributed by atoms with Gasteiger partial charge in [0.1, 0.15) is 36.8 Å². The Balaban J connectivity index is 1.64. The van der Waals surface area contributed by atoms with E-state index in [1.807, 2.05) is 52.0 Å². The number of methoxy groups -OCH3 is 4. The molecular formula is C22H35BO8. The maximum atomic E-state index is 6.10. The van der Waals surface area contributed by atoms with Gasteiger partial charge in [0.25, 0.3) is 0 Å². The Labute approximate surface area is 185 Å². The van der Waals surface area contributed by atoms with Crippen LogP contribution >= 0.6 is 0 Å². The molecule has 1 aromatic carbocycles. The second-order valence-corrected chi connectivity index (χ2v) is 8.85. The average molecular weight is 438 g/mol. The summed E-state index contributed by atoms with van der Waals surface area (Å²) < 4.78 is 46.5. The summed E-state index contributed by atoms with van der Waals surface area (Å²) in [6.45, 7) is 8.42. The monoisotopic (exact) mass is 438 g/mol. The summed E-state index contributed by atoms with van der Waals surface area (Å²) in [5, 5.41) is 0.